The van der Waals surface area contributed by atoms with Crippen molar-refractivity contribution in [3.8, 4) is 11.4 Å². The van der Waals surface area contributed by atoms with E-state index < -0.39 is 0 Å². The molecule has 0 aliphatic carbocycles. The molecule has 0 atom stereocenters. The van der Waals surface area contributed by atoms with Crippen molar-refractivity contribution in [2.45, 2.75) is 26.3 Å². The summed E-state index contributed by atoms with van der Waals surface area (Å²) in [5, 5.41) is 6.87. The second-order valence-corrected chi connectivity index (χ2v) is 5.93. The molecular formula is C18H26N4O3. The van der Waals surface area contributed by atoms with E-state index >= 15 is 0 Å². The molecule has 2 rings (SSSR count). The topological polar surface area (TPSA) is 80.5 Å². The average Bonchev–Trinajstić information content (AvgIpc) is 3.07. The van der Waals surface area contributed by atoms with Crippen molar-refractivity contribution in [2.24, 2.45) is 0 Å². The molecule has 25 heavy (non-hydrogen) atoms. The average molecular weight is 346 g/mol. The first-order chi connectivity index (χ1) is 12.1. The van der Waals surface area contributed by atoms with Gasteiger partial charge in [0, 0.05) is 25.8 Å². The largest absolute Gasteiger partial charge is 0.385 e. The van der Waals surface area contributed by atoms with Gasteiger partial charge in [-0.15, -0.1) is 0 Å². The van der Waals surface area contributed by atoms with Gasteiger partial charge in [0.2, 0.25) is 17.6 Å². The van der Waals surface area contributed by atoms with Gasteiger partial charge in [0.05, 0.1) is 13.1 Å². The number of methoxy groups -OCH3 is 1. The zero-order valence-corrected chi connectivity index (χ0v) is 15.1. The number of rotatable bonds is 10. The van der Waals surface area contributed by atoms with E-state index in [1.807, 2.05) is 24.1 Å². The summed E-state index contributed by atoms with van der Waals surface area (Å²) in [6.07, 6.45) is 1.80. The van der Waals surface area contributed by atoms with Crippen LogP contribution in [0.5, 0.6) is 0 Å². The third kappa shape index (κ3) is 6.28. The number of nitrogens with zero attached hydrogens (tertiary/aromatic N) is 3. The van der Waals surface area contributed by atoms with Crippen molar-refractivity contribution in [2.75, 3.05) is 33.9 Å². The van der Waals surface area contributed by atoms with Gasteiger partial charge in [-0.2, -0.15) is 4.98 Å². The van der Waals surface area contributed by atoms with E-state index in [0.29, 0.717) is 31.4 Å². The monoisotopic (exact) mass is 346 g/mol. The molecular weight excluding hydrogens is 320 g/mol. The molecule has 1 aromatic carbocycles. The second kappa shape index (κ2) is 9.90. The number of aromatic nitrogens is 2. The van der Waals surface area contributed by atoms with Gasteiger partial charge in [-0.25, -0.2) is 0 Å². The van der Waals surface area contributed by atoms with Gasteiger partial charge in [0.15, 0.2) is 0 Å². The second-order valence-electron chi connectivity index (χ2n) is 5.93. The summed E-state index contributed by atoms with van der Waals surface area (Å²) in [4.78, 5) is 18.1. The number of likely N-dealkylation sites (N-methyl/N-ethyl adjacent to an activating group) is 1. The third-order valence-corrected chi connectivity index (χ3v) is 3.75. The molecule has 0 fully saturated rings. The summed E-state index contributed by atoms with van der Waals surface area (Å²) >= 11 is 0. The fraction of sp³-hybridized carbons (Fsp3) is 0.500. The summed E-state index contributed by atoms with van der Waals surface area (Å²) in [5.74, 6) is 1.02. The summed E-state index contributed by atoms with van der Waals surface area (Å²) < 4.78 is 10.2. The normalized spacial score (nSPS) is 11.0. The number of carbonyl (C=O) groups is 1. The Bertz CT molecular complexity index is 655. The maximum atomic E-state index is 11.8. The van der Waals surface area contributed by atoms with Crippen molar-refractivity contribution < 1.29 is 14.1 Å². The van der Waals surface area contributed by atoms with Gasteiger partial charge >= 0.3 is 0 Å². The molecule has 1 aromatic heterocycles. The highest BCUT2D eigenvalue weighted by atomic mass is 16.5. The van der Waals surface area contributed by atoms with Crippen molar-refractivity contribution in [1.29, 1.82) is 0 Å². The first kappa shape index (κ1) is 19.1. The Balaban J connectivity index is 1.82. The minimum atomic E-state index is -0.0338. The Morgan fingerprint density at radius 2 is 2.08 bits per heavy atom. The zero-order valence-electron chi connectivity index (χ0n) is 15.1. The highest BCUT2D eigenvalue weighted by molar-refractivity contribution is 5.77. The van der Waals surface area contributed by atoms with E-state index in [1.165, 1.54) is 5.56 Å². The van der Waals surface area contributed by atoms with Crippen LogP contribution in [0.4, 0.5) is 0 Å². The molecule has 7 nitrogen and oxygen atoms in total. The van der Waals surface area contributed by atoms with Crippen LogP contribution in [0.25, 0.3) is 11.4 Å². The molecule has 0 saturated heterocycles. The molecule has 136 valence electrons. The molecule has 0 unspecified atom stereocenters. The van der Waals surface area contributed by atoms with Crippen LogP contribution in [0, 0.1) is 0 Å². The van der Waals surface area contributed by atoms with E-state index in [1.54, 1.807) is 7.11 Å². The van der Waals surface area contributed by atoms with Gasteiger partial charge in [0.1, 0.15) is 0 Å². The predicted octanol–water partition coefficient (Wildman–Crippen LogP) is 1.88. The van der Waals surface area contributed by atoms with Crippen molar-refractivity contribution in [3.05, 3.63) is 35.7 Å². The Kier molecular flexibility index (Phi) is 7.56. The maximum Gasteiger partial charge on any atom is 0.241 e. The number of carbonyl (C=O) groups excluding carboxylic acids is 1. The highest BCUT2D eigenvalue weighted by Crippen LogP contribution is 2.17. The predicted molar refractivity (Wildman–Crippen MR) is 94.9 cm³/mol. The van der Waals surface area contributed by atoms with Crippen LogP contribution in [0.2, 0.25) is 0 Å². The lowest BCUT2D eigenvalue weighted by Gasteiger charge is -2.13. The lowest BCUT2D eigenvalue weighted by Crippen LogP contribution is -2.35. The Morgan fingerprint density at radius 1 is 1.32 bits per heavy atom. The maximum absolute atomic E-state index is 11.8. The van der Waals surface area contributed by atoms with E-state index in [4.69, 9.17) is 9.26 Å². The lowest BCUT2D eigenvalue weighted by molar-refractivity contribution is -0.122. The lowest BCUT2D eigenvalue weighted by atomic mass is 10.1. The quantitative estimate of drug-likeness (QED) is 0.662. The van der Waals surface area contributed by atoms with Crippen LogP contribution in [0.15, 0.2) is 28.8 Å². The number of benzene rings is 1. The molecule has 0 aliphatic heterocycles. The SMILES string of the molecule is CCc1ccc(-c2noc(CN(C)CC(=O)NCCCOC)n2)cc1. The van der Waals surface area contributed by atoms with Crippen molar-refractivity contribution >= 4 is 5.91 Å². The van der Waals surface area contributed by atoms with Crippen LogP contribution < -0.4 is 5.32 Å². The number of aryl methyl sites for hydroxylation is 1. The Labute approximate surface area is 148 Å². The van der Waals surface area contributed by atoms with Gasteiger partial charge in [-0.1, -0.05) is 36.3 Å². The molecule has 1 heterocycles. The Hall–Kier alpha value is -2.25. The summed E-state index contributed by atoms with van der Waals surface area (Å²) in [6.45, 7) is 4.06. The number of amides is 1. The smallest absolute Gasteiger partial charge is 0.241 e. The van der Waals surface area contributed by atoms with Crippen LogP contribution >= 0.6 is 0 Å². The molecule has 2 aromatic rings. The molecule has 0 aliphatic rings. The van der Waals surface area contributed by atoms with Crippen LogP contribution in [-0.4, -0.2) is 54.8 Å². The third-order valence-electron chi connectivity index (χ3n) is 3.75. The van der Waals surface area contributed by atoms with Gasteiger partial charge in [-0.05, 0) is 25.5 Å². The van der Waals surface area contributed by atoms with Crippen molar-refractivity contribution in [1.82, 2.24) is 20.4 Å². The van der Waals surface area contributed by atoms with Crippen LogP contribution in [0.1, 0.15) is 24.8 Å². The van der Waals surface area contributed by atoms with Crippen LogP contribution in [0.3, 0.4) is 0 Å². The standard InChI is InChI=1S/C18H26N4O3/c1-4-14-6-8-15(9-7-14)18-20-17(25-21-18)13-22(2)12-16(23)19-10-5-11-24-3/h6-9H,4-5,10-13H2,1-3H3,(H,19,23). The van der Waals surface area contributed by atoms with Gasteiger partial charge in [-0.3, -0.25) is 9.69 Å². The number of nitrogens with one attached hydrogen (secondary N) is 1. The van der Waals surface area contributed by atoms with Gasteiger partial charge in [0.25, 0.3) is 0 Å². The molecule has 0 spiro atoms. The number of ether oxygens (including phenoxy) is 1. The molecule has 0 radical (unpaired) electrons. The fourth-order valence-electron chi connectivity index (χ4n) is 2.36. The highest BCUT2D eigenvalue weighted by Gasteiger charge is 2.13. The minimum absolute atomic E-state index is 0.0338. The Morgan fingerprint density at radius 3 is 2.76 bits per heavy atom. The summed E-state index contributed by atoms with van der Waals surface area (Å²) in [5.41, 5.74) is 2.19. The zero-order chi connectivity index (χ0) is 18.1. The molecule has 1 amide bonds. The molecule has 7 heteroatoms. The molecule has 0 saturated carbocycles. The summed E-state index contributed by atoms with van der Waals surface area (Å²) in [6, 6.07) is 8.10. The molecule has 1 N–H and O–H groups in total. The van der Waals surface area contributed by atoms with Crippen LogP contribution in [-0.2, 0) is 22.5 Å². The van der Waals surface area contributed by atoms with E-state index in [-0.39, 0.29) is 12.5 Å². The fourth-order valence-corrected chi connectivity index (χ4v) is 2.36. The van der Waals surface area contributed by atoms with Crippen molar-refractivity contribution in [3.63, 3.8) is 0 Å². The van der Waals surface area contributed by atoms with Gasteiger partial charge < -0.3 is 14.6 Å². The minimum Gasteiger partial charge on any atom is -0.385 e. The van der Waals surface area contributed by atoms with E-state index in [9.17, 15) is 4.79 Å². The summed E-state index contributed by atoms with van der Waals surface area (Å²) in [7, 11) is 3.49. The van der Waals surface area contributed by atoms with E-state index in [0.717, 1.165) is 18.4 Å². The molecule has 0 bridgehead atoms. The van der Waals surface area contributed by atoms with E-state index in [2.05, 4.69) is 34.5 Å². The number of hydrogen-bond acceptors (Lipinski definition) is 6. The first-order valence-corrected chi connectivity index (χ1v) is 8.48. The first-order valence-electron chi connectivity index (χ1n) is 8.48. The number of hydrogen-bond donors (Lipinski definition) is 1.